The highest BCUT2D eigenvalue weighted by molar-refractivity contribution is 7.89. The molecule has 0 saturated heterocycles. The number of nitrogens with two attached hydrogens (primary N) is 1. The van der Waals surface area contributed by atoms with E-state index in [9.17, 15) is 8.42 Å². The van der Waals surface area contributed by atoms with Crippen LogP contribution in [-0.4, -0.2) is 19.3 Å². The van der Waals surface area contributed by atoms with Gasteiger partial charge < -0.3 is 10.2 Å². The first-order chi connectivity index (χ1) is 9.86. The maximum absolute atomic E-state index is 12.7. The van der Waals surface area contributed by atoms with E-state index < -0.39 is 10.0 Å². The molecule has 1 aromatic heterocycles. The van der Waals surface area contributed by atoms with Crippen molar-refractivity contribution in [2.24, 2.45) is 0 Å². The molecule has 0 saturated carbocycles. The molecule has 2 rings (SSSR count). The van der Waals surface area contributed by atoms with Gasteiger partial charge in [-0.3, -0.25) is 0 Å². The molecule has 0 aliphatic carbocycles. The van der Waals surface area contributed by atoms with Gasteiger partial charge >= 0.3 is 0 Å². The molecule has 1 aromatic carbocycles. The van der Waals surface area contributed by atoms with Crippen LogP contribution < -0.4 is 5.73 Å². The van der Waals surface area contributed by atoms with Gasteiger partial charge in [0, 0.05) is 17.3 Å². The van der Waals surface area contributed by atoms with Crippen molar-refractivity contribution in [3.8, 4) is 0 Å². The van der Waals surface area contributed by atoms with Crippen LogP contribution in [-0.2, 0) is 16.6 Å². The zero-order valence-electron chi connectivity index (χ0n) is 11.8. The Bertz CT molecular complexity index is 704. The standard InChI is InChI=1S/C14H17ClN2O3S/c1-3-17(9-11-5-4-6-20-11)21(18,19)12-7-13(15)10(2)14(16)8-12/h4-8H,3,9,16H2,1-2H3. The van der Waals surface area contributed by atoms with Crippen molar-refractivity contribution in [1.29, 1.82) is 0 Å². The minimum atomic E-state index is -3.68. The van der Waals surface area contributed by atoms with E-state index in [0.717, 1.165) is 0 Å². The third kappa shape index (κ3) is 3.23. The predicted molar refractivity (Wildman–Crippen MR) is 82.6 cm³/mol. The molecule has 0 unspecified atom stereocenters. The largest absolute Gasteiger partial charge is 0.468 e. The lowest BCUT2D eigenvalue weighted by Gasteiger charge is -2.20. The van der Waals surface area contributed by atoms with E-state index in [1.54, 1.807) is 26.0 Å². The van der Waals surface area contributed by atoms with Gasteiger partial charge in [-0.05, 0) is 36.8 Å². The summed E-state index contributed by atoms with van der Waals surface area (Å²) in [5.41, 5.74) is 6.84. The van der Waals surface area contributed by atoms with Crippen LogP contribution in [0.2, 0.25) is 5.02 Å². The molecule has 114 valence electrons. The molecule has 0 aliphatic rings. The zero-order valence-corrected chi connectivity index (χ0v) is 13.4. The van der Waals surface area contributed by atoms with Gasteiger partial charge in [0.05, 0.1) is 17.7 Å². The van der Waals surface area contributed by atoms with Crippen LogP contribution >= 0.6 is 11.6 Å². The Morgan fingerprint density at radius 3 is 2.62 bits per heavy atom. The summed E-state index contributed by atoms with van der Waals surface area (Å²) in [6.45, 7) is 3.99. The average Bonchev–Trinajstić information content (AvgIpc) is 2.94. The van der Waals surface area contributed by atoms with E-state index in [1.807, 2.05) is 0 Å². The van der Waals surface area contributed by atoms with Crippen molar-refractivity contribution < 1.29 is 12.8 Å². The molecule has 5 nitrogen and oxygen atoms in total. The fraction of sp³-hybridized carbons (Fsp3) is 0.286. The summed E-state index contributed by atoms with van der Waals surface area (Å²) in [6, 6.07) is 6.31. The van der Waals surface area contributed by atoms with Gasteiger partial charge in [0.25, 0.3) is 0 Å². The number of nitrogens with zero attached hydrogens (tertiary/aromatic N) is 1. The van der Waals surface area contributed by atoms with Crippen molar-refractivity contribution in [3.05, 3.63) is 46.9 Å². The monoisotopic (exact) mass is 328 g/mol. The summed E-state index contributed by atoms with van der Waals surface area (Å²) in [4.78, 5) is 0.0870. The lowest BCUT2D eigenvalue weighted by Crippen LogP contribution is -2.30. The number of halogens is 1. The minimum Gasteiger partial charge on any atom is -0.468 e. The van der Waals surface area contributed by atoms with Gasteiger partial charge in [-0.15, -0.1) is 0 Å². The summed E-state index contributed by atoms with van der Waals surface area (Å²) in [7, 11) is -3.68. The molecular weight excluding hydrogens is 312 g/mol. The SMILES string of the molecule is CCN(Cc1ccco1)S(=O)(=O)c1cc(N)c(C)c(Cl)c1. The van der Waals surface area contributed by atoms with Gasteiger partial charge in [-0.25, -0.2) is 8.42 Å². The number of benzene rings is 1. The highest BCUT2D eigenvalue weighted by Gasteiger charge is 2.25. The molecule has 7 heteroatoms. The Morgan fingerprint density at radius 2 is 2.10 bits per heavy atom. The molecule has 2 N–H and O–H groups in total. The number of nitrogen functional groups attached to an aromatic ring is 1. The van der Waals surface area contributed by atoms with Crippen LogP contribution in [0.3, 0.4) is 0 Å². The van der Waals surface area contributed by atoms with Crippen LogP contribution in [0.4, 0.5) is 5.69 Å². The zero-order chi connectivity index (χ0) is 15.6. The Labute approximate surface area is 129 Å². The van der Waals surface area contributed by atoms with E-state index in [1.165, 1.54) is 22.7 Å². The first-order valence-corrected chi connectivity index (χ1v) is 8.26. The highest BCUT2D eigenvalue weighted by Crippen LogP contribution is 2.28. The van der Waals surface area contributed by atoms with E-state index in [-0.39, 0.29) is 11.4 Å². The number of anilines is 1. The second kappa shape index (κ2) is 6.09. The van der Waals surface area contributed by atoms with Crippen LogP contribution in [0.1, 0.15) is 18.2 Å². The topological polar surface area (TPSA) is 76.5 Å². The lowest BCUT2D eigenvalue weighted by molar-refractivity contribution is 0.375. The molecule has 0 radical (unpaired) electrons. The van der Waals surface area contributed by atoms with Gasteiger partial charge in [0.1, 0.15) is 5.76 Å². The fourth-order valence-corrected chi connectivity index (χ4v) is 3.68. The Balaban J connectivity index is 2.39. The summed E-state index contributed by atoms with van der Waals surface area (Å²) in [5, 5.41) is 0.336. The molecular formula is C14H17ClN2O3S. The Kier molecular flexibility index (Phi) is 4.61. The molecule has 0 spiro atoms. The number of furan rings is 1. The molecule has 21 heavy (non-hydrogen) atoms. The van der Waals surface area contributed by atoms with Crippen molar-refractivity contribution >= 4 is 27.3 Å². The second-order valence-corrected chi connectivity index (χ2v) is 6.98. The van der Waals surface area contributed by atoms with E-state index in [0.29, 0.717) is 28.6 Å². The minimum absolute atomic E-state index is 0.0870. The molecule has 0 amide bonds. The van der Waals surface area contributed by atoms with Crippen molar-refractivity contribution in [2.45, 2.75) is 25.3 Å². The van der Waals surface area contributed by atoms with Crippen LogP contribution in [0.5, 0.6) is 0 Å². The third-order valence-corrected chi connectivity index (χ3v) is 5.55. The van der Waals surface area contributed by atoms with Crippen LogP contribution in [0, 0.1) is 6.92 Å². The fourth-order valence-electron chi connectivity index (χ4n) is 1.92. The number of rotatable bonds is 5. The second-order valence-electron chi connectivity index (χ2n) is 4.63. The maximum Gasteiger partial charge on any atom is 0.243 e. The van der Waals surface area contributed by atoms with E-state index >= 15 is 0 Å². The van der Waals surface area contributed by atoms with Gasteiger partial charge in [-0.2, -0.15) is 4.31 Å². The molecule has 2 aromatic rings. The molecule has 0 atom stereocenters. The summed E-state index contributed by atoms with van der Waals surface area (Å²) < 4.78 is 31.9. The normalized spacial score (nSPS) is 12.0. The van der Waals surface area contributed by atoms with Crippen LogP contribution in [0.25, 0.3) is 0 Å². The highest BCUT2D eigenvalue weighted by atomic mass is 35.5. The average molecular weight is 329 g/mol. The Hall–Kier alpha value is -1.50. The number of sulfonamides is 1. The summed E-state index contributed by atoms with van der Waals surface area (Å²) >= 11 is 6.03. The van der Waals surface area contributed by atoms with Gasteiger partial charge in [0.2, 0.25) is 10.0 Å². The predicted octanol–water partition coefficient (Wildman–Crippen LogP) is 3.03. The number of hydrogen-bond donors (Lipinski definition) is 1. The smallest absolute Gasteiger partial charge is 0.243 e. The first-order valence-electron chi connectivity index (χ1n) is 6.44. The van der Waals surface area contributed by atoms with Crippen molar-refractivity contribution in [2.75, 3.05) is 12.3 Å². The van der Waals surface area contributed by atoms with E-state index in [4.69, 9.17) is 21.8 Å². The summed E-state index contributed by atoms with van der Waals surface area (Å²) in [6.07, 6.45) is 1.51. The quantitative estimate of drug-likeness (QED) is 0.856. The molecule has 0 bridgehead atoms. The molecule has 0 aliphatic heterocycles. The van der Waals surface area contributed by atoms with Crippen molar-refractivity contribution in [3.63, 3.8) is 0 Å². The lowest BCUT2D eigenvalue weighted by atomic mass is 10.2. The first kappa shape index (κ1) is 15.9. The molecule has 0 fully saturated rings. The van der Waals surface area contributed by atoms with Crippen LogP contribution in [0.15, 0.2) is 39.8 Å². The molecule has 1 heterocycles. The number of hydrogen-bond acceptors (Lipinski definition) is 4. The maximum atomic E-state index is 12.7. The van der Waals surface area contributed by atoms with Gasteiger partial charge in [0.15, 0.2) is 0 Å². The van der Waals surface area contributed by atoms with E-state index in [2.05, 4.69) is 0 Å². The van der Waals surface area contributed by atoms with Gasteiger partial charge in [-0.1, -0.05) is 18.5 Å². The van der Waals surface area contributed by atoms with Crippen molar-refractivity contribution in [1.82, 2.24) is 4.31 Å². The third-order valence-electron chi connectivity index (χ3n) is 3.26. The Morgan fingerprint density at radius 1 is 1.38 bits per heavy atom. The summed E-state index contributed by atoms with van der Waals surface area (Å²) in [5.74, 6) is 0.576.